The van der Waals surface area contributed by atoms with Crippen molar-refractivity contribution in [2.75, 3.05) is 11.9 Å². The molecule has 0 spiro atoms. The molecule has 28 heavy (non-hydrogen) atoms. The number of carbonyl (C=O) groups is 1. The van der Waals surface area contributed by atoms with E-state index < -0.39 is 0 Å². The SMILES string of the molecule is Cc1nc2c(c(-c3ccc(O)cc3)n1)CN(C(=O)Nc1ccccc1)CCC2. The zero-order valence-corrected chi connectivity index (χ0v) is 15.7. The van der Waals surface area contributed by atoms with Crippen molar-refractivity contribution < 1.29 is 9.90 Å². The van der Waals surface area contributed by atoms with Crippen molar-refractivity contribution >= 4 is 11.7 Å². The normalized spacial score (nSPS) is 13.5. The van der Waals surface area contributed by atoms with Gasteiger partial charge in [0.25, 0.3) is 0 Å². The van der Waals surface area contributed by atoms with Crippen LogP contribution in [0.4, 0.5) is 10.5 Å². The summed E-state index contributed by atoms with van der Waals surface area (Å²) in [6.07, 6.45) is 1.65. The fourth-order valence-corrected chi connectivity index (χ4v) is 3.49. The lowest BCUT2D eigenvalue weighted by atomic mass is 10.0. The van der Waals surface area contributed by atoms with Crippen LogP contribution in [-0.2, 0) is 13.0 Å². The van der Waals surface area contributed by atoms with Gasteiger partial charge in [0, 0.05) is 29.1 Å². The molecule has 0 bridgehead atoms. The Morgan fingerprint density at radius 3 is 2.57 bits per heavy atom. The Morgan fingerprint density at radius 2 is 1.82 bits per heavy atom. The van der Waals surface area contributed by atoms with Crippen LogP contribution >= 0.6 is 0 Å². The van der Waals surface area contributed by atoms with E-state index in [0.29, 0.717) is 18.9 Å². The Morgan fingerprint density at radius 1 is 1.07 bits per heavy atom. The predicted molar refractivity (Wildman–Crippen MR) is 108 cm³/mol. The smallest absolute Gasteiger partial charge is 0.322 e. The van der Waals surface area contributed by atoms with E-state index in [1.54, 1.807) is 17.0 Å². The fourth-order valence-electron chi connectivity index (χ4n) is 3.49. The highest BCUT2D eigenvalue weighted by atomic mass is 16.3. The summed E-state index contributed by atoms with van der Waals surface area (Å²) in [6, 6.07) is 16.3. The highest BCUT2D eigenvalue weighted by Gasteiger charge is 2.24. The van der Waals surface area contributed by atoms with Gasteiger partial charge in [0.15, 0.2) is 0 Å². The van der Waals surface area contributed by atoms with Crippen LogP contribution in [0.5, 0.6) is 5.75 Å². The number of benzene rings is 2. The summed E-state index contributed by atoms with van der Waals surface area (Å²) >= 11 is 0. The quantitative estimate of drug-likeness (QED) is 0.707. The van der Waals surface area contributed by atoms with Crippen LogP contribution in [0.15, 0.2) is 54.6 Å². The number of aromatic hydroxyl groups is 1. The molecule has 0 fully saturated rings. The summed E-state index contributed by atoms with van der Waals surface area (Å²) in [4.78, 5) is 23.9. The van der Waals surface area contributed by atoms with Gasteiger partial charge in [0.1, 0.15) is 11.6 Å². The van der Waals surface area contributed by atoms with Gasteiger partial charge >= 0.3 is 6.03 Å². The van der Waals surface area contributed by atoms with Crippen molar-refractivity contribution in [1.29, 1.82) is 0 Å². The molecule has 2 heterocycles. The first kappa shape index (κ1) is 18.0. The van der Waals surface area contributed by atoms with E-state index in [0.717, 1.165) is 41.0 Å². The van der Waals surface area contributed by atoms with Gasteiger partial charge in [-0.05, 0) is 56.2 Å². The minimum absolute atomic E-state index is 0.128. The average Bonchev–Trinajstić information content (AvgIpc) is 2.91. The largest absolute Gasteiger partial charge is 0.508 e. The summed E-state index contributed by atoms with van der Waals surface area (Å²) in [7, 11) is 0. The van der Waals surface area contributed by atoms with Gasteiger partial charge in [0.2, 0.25) is 0 Å². The molecule has 1 aliphatic rings. The number of rotatable bonds is 2. The highest BCUT2D eigenvalue weighted by Crippen LogP contribution is 2.29. The maximum absolute atomic E-state index is 12.8. The molecule has 0 unspecified atom stereocenters. The second-order valence-electron chi connectivity index (χ2n) is 6.91. The van der Waals surface area contributed by atoms with Gasteiger partial charge in [-0.3, -0.25) is 0 Å². The second-order valence-corrected chi connectivity index (χ2v) is 6.91. The third-order valence-electron chi connectivity index (χ3n) is 4.85. The lowest BCUT2D eigenvalue weighted by molar-refractivity contribution is 0.210. The highest BCUT2D eigenvalue weighted by molar-refractivity contribution is 5.89. The number of urea groups is 1. The van der Waals surface area contributed by atoms with Crippen molar-refractivity contribution in [2.45, 2.75) is 26.3 Å². The first-order valence-corrected chi connectivity index (χ1v) is 9.37. The van der Waals surface area contributed by atoms with Crippen LogP contribution in [-0.4, -0.2) is 32.6 Å². The Balaban J connectivity index is 1.66. The summed E-state index contributed by atoms with van der Waals surface area (Å²) in [6.45, 7) is 2.99. The fraction of sp³-hybridized carbons (Fsp3) is 0.227. The first-order chi connectivity index (χ1) is 13.6. The molecule has 0 saturated heterocycles. The number of hydrogen-bond acceptors (Lipinski definition) is 4. The molecule has 1 aromatic heterocycles. The maximum Gasteiger partial charge on any atom is 0.322 e. The Bertz CT molecular complexity index is 987. The molecule has 2 aromatic carbocycles. The van der Waals surface area contributed by atoms with Crippen LogP contribution in [0.2, 0.25) is 0 Å². The van der Waals surface area contributed by atoms with E-state index in [-0.39, 0.29) is 11.8 Å². The standard InChI is InChI=1S/C22H22N4O2/c1-15-23-20-8-5-13-26(22(28)25-17-6-3-2-4-7-17)14-19(20)21(24-15)16-9-11-18(27)12-10-16/h2-4,6-7,9-12,27H,5,8,13-14H2,1H3,(H,25,28). The number of phenolic OH excluding ortho intramolecular Hbond substituents is 1. The van der Waals surface area contributed by atoms with Gasteiger partial charge in [-0.2, -0.15) is 0 Å². The van der Waals surface area contributed by atoms with Gasteiger partial charge < -0.3 is 15.3 Å². The molecule has 1 aliphatic heterocycles. The van der Waals surface area contributed by atoms with Gasteiger partial charge in [-0.25, -0.2) is 14.8 Å². The maximum atomic E-state index is 12.8. The average molecular weight is 374 g/mol. The second kappa shape index (κ2) is 7.68. The number of aryl methyl sites for hydroxylation is 2. The van der Waals surface area contributed by atoms with E-state index in [4.69, 9.17) is 0 Å². The van der Waals surface area contributed by atoms with Gasteiger partial charge in [-0.1, -0.05) is 18.2 Å². The van der Waals surface area contributed by atoms with Gasteiger partial charge in [-0.15, -0.1) is 0 Å². The van der Waals surface area contributed by atoms with Crippen molar-refractivity contribution in [1.82, 2.24) is 14.9 Å². The molecule has 4 rings (SSSR count). The van der Waals surface area contributed by atoms with Crippen molar-refractivity contribution in [3.8, 4) is 17.0 Å². The molecule has 2 N–H and O–H groups in total. The zero-order chi connectivity index (χ0) is 19.5. The molecule has 0 saturated carbocycles. The first-order valence-electron chi connectivity index (χ1n) is 9.37. The minimum Gasteiger partial charge on any atom is -0.508 e. The number of phenols is 1. The van der Waals surface area contributed by atoms with E-state index >= 15 is 0 Å². The van der Waals surface area contributed by atoms with E-state index in [2.05, 4.69) is 15.3 Å². The summed E-state index contributed by atoms with van der Waals surface area (Å²) in [5.41, 5.74) is 4.46. The number of aromatic nitrogens is 2. The number of amides is 2. The molecule has 0 aliphatic carbocycles. The van der Waals surface area contributed by atoms with Crippen LogP contribution in [0, 0.1) is 6.92 Å². The van der Waals surface area contributed by atoms with E-state index in [1.807, 2.05) is 49.4 Å². The predicted octanol–water partition coefficient (Wildman–Crippen LogP) is 4.14. The third kappa shape index (κ3) is 3.81. The summed E-state index contributed by atoms with van der Waals surface area (Å²) in [5.74, 6) is 0.925. The van der Waals surface area contributed by atoms with E-state index in [1.165, 1.54) is 0 Å². The molecule has 0 atom stereocenters. The monoisotopic (exact) mass is 374 g/mol. The van der Waals surface area contributed by atoms with Crippen LogP contribution in [0.1, 0.15) is 23.5 Å². The number of nitrogens with zero attached hydrogens (tertiary/aromatic N) is 3. The lowest BCUT2D eigenvalue weighted by Gasteiger charge is -2.22. The molecular formula is C22H22N4O2. The van der Waals surface area contributed by atoms with Crippen LogP contribution < -0.4 is 5.32 Å². The number of anilines is 1. The van der Waals surface area contributed by atoms with Gasteiger partial charge in [0.05, 0.1) is 12.2 Å². The number of hydrogen-bond donors (Lipinski definition) is 2. The minimum atomic E-state index is -0.128. The third-order valence-corrected chi connectivity index (χ3v) is 4.85. The summed E-state index contributed by atoms with van der Waals surface area (Å²) < 4.78 is 0. The number of nitrogens with one attached hydrogen (secondary N) is 1. The Labute approximate surface area is 163 Å². The molecule has 0 radical (unpaired) electrons. The zero-order valence-electron chi connectivity index (χ0n) is 15.7. The topological polar surface area (TPSA) is 78.4 Å². The Kier molecular flexibility index (Phi) is 4.93. The van der Waals surface area contributed by atoms with Crippen molar-refractivity contribution in [3.05, 3.63) is 71.7 Å². The molecule has 3 aromatic rings. The number of para-hydroxylation sites is 1. The molecular weight excluding hydrogens is 352 g/mol. The molecule has 142 valence electrons. The molecule has 2 amide bonds. The molecule has 6 nitrogen and oxygen atoms in total. The lowest BCUT2D eigenvalue weighted by Crippen LogP contribution is -2.34. The summed E-state index contributed by atoms with van der Waals surface area (Å²) in [5, 5.41) is 12.6. The van der Waals surface area contributed by atoms with Crippen molar-refractivity contribution in [3.63, 3.8) is 0 Å². The Hall–Kier alpha value is -3.41. The van der Waals surface area contributed by atoms with Crippen LogP contribution in [0.25, 0.3) is 11.3 Å². The number of carbonyl (C=O) groups excluding carboxylic acids is 1. The molecule has 6 heteroatoms. The van der Waals surface area contributed by atoms with Crippen molar-refractivity contribution in [2.24, 2.45) is 0 Å². The number of fused-ring (bicyclic) bond motifs is 1. The van der Waals surface area contributed by atoms with Crippen LogP contribution in [0.3, 0.4) is 0 Å². The van der Waals surface area contributed by atoms with E-state index in [9.17, 15) is 9.90 Å².